The number of aromatic nitrogens is 3. The number of allylic oxidation sites excluding steroid dienone is 1. The molecule has 0 spiro atoms. The third kappa shape index (κ3) is 5.70. The first-order chi connectivity index (χ1) is 14.7. The molecule has 31 heavy (non-hydrogen) atoms. The van der Waals surface area contributed by atoms with Crippen LogP contribution in [0.1, 0.15) is 26.3 Å². The van der Waals surface area contributed by atoms with Gasteiger partial charge in [0, 0.05) is 12.1 Å². The highest BCUT2D eigenvalue weighted by molar-refractivity contribution is 7.99. The molecule has 0 fully saturated rings. The minimum absolute atomic E-state index is 0.0770. The summed E-state index contributed by atoms with van der Waals surface area (Å²) in [6.45, 7) is 10.9. The van der Waals surface area contributed by atoms with E-state index < -0.39 is 0 Å². The van der Waals surface area contributed by atoms with Gasteiger partial charge in [-0.15, -0.1) is 16.8 Å². The van der Waals surface area contributed by atoms with Crippen LogP contribution in [-0.2, 0) is 16.8 Å². The lowest BCUT2D eigenvalue weighted by Crippen LogP contribution is -2.15. The topological polar surface area (TPSA) is 59.8 Å². The van der Waals surface area contributed by atoms with Crippen LogP contribution in [0.5, 0.6) is 0 Å². The molecule has 2 aromatic carbocycles. The van der Waals surface area contributed by atoms with Crippen molar-refractivity contribution in [3.05, 3.63) is 70.7 Å². The van der Waals surface area contributed by atoms with E-state index in [9.17, 15) is 4.79 Å². The van der Waals surface area contributed by atoms with E-state index in [2.05, 4.69) is 55.0 Å². The fraction of sp³-hybridized carbons (Fsp3) is 0.261. The summed E-state index contributed by atoms with van der Waals surface area (Å²) in [6, 6.07) is 13.4. The number of amides is 1. The number of thioether (sulfide) groups is 1. The molecular formula is C23H24Cl2N4OS. The van der Waals surface area contributed by atoms with E-state index in [1.165, 1.54) is 17.3 Å². The standard InChI is InChI=1S/C23H24Cl2N4OS/c1-5-13-29-21(15-9-11-16(12-10-15)23(2,3)4)27-28-22(29)31-14-19(30)26-18-8-6-7-17(24)20(18)25/h5-12H,1,13-14H2,2-4H3,(H,26,30). The van der Waals surface area contributed by atoms with E-state index in [1.54, 1.807) is 24.3 Å². The number of carbonyl (C=O) groups excluding carboxylic acids is 1. The largest absolute Gasteiger partial charge is 0.324 e. The summed E-state index contributed by atoms with van der Waals surface area (Å²) in [5.41, 5.74) is 2.77. The molecule has 1 heterocycles. The summed E-state index contributed by atoms with van der Waals surface area (Å²) in [5, 5.41) is 12.8. The first kappa shape index (κ1) is 23.4. The van der Waals surface area contributed by atoms with Crippen LogP contribution in [0.15, 0.2) is 60.3 Å². The van der Waals surface area contributed by atoms with E-state index in [-0.39, 0.29) is 17.1 Å². The van der Waals surface area contributed by atoms with E-state index in [0.29, 0.717) is 27.4 Å². The predicted molar refractivity (Wildman–Crippen MR) is 130 cm³/mol. The maximum absolute atomic E-state index is 12.4. The van der Waals surface area contributed by atoms with Gasteiger partial charge in [0.1, 0.15) is 0 Å². The van der Waals surface area contributed by atoms with Gasteiger partial charge in [-0.05, 0) is 23.1 Å². The Bertz CT molecular complexity index is 1090. The lowest BCUT2D eigenvalue weighted by Gasteiger charge is -2.19. The number of anilines is 1. The lowest BCUT2D eigenvalue weighted by molar-refractivity contribution is -0.113. The first-order valence-electron chi connectivity index (χ1n) is 9.72. The van der Waals surface area contributed by atoms with Gasteiger partial charge in [-0.3, -0.25) is 9.36 Å². The summed E-state index contributed by atoms with van der Waals surface area (Å²) >= 11 is 13.4. The van der Waals surface area contributed by atoms with Gasteiger partial charge < -0.3 is 5.32 Å². The highest BCUT2D eigenvalue weighted by atomic mass is 35.5. The van der Waals surface area contributed by atoms with Gasteiger partial charge in [0.25, 0.3) is 0 Å². The molecule has 1 N–H and O–H groups in total. The fourth-order valence-electron chi connectivity index (χ4n) is 2.94. The van der Waals surface area contributed by atoms with Crippen molar-refractivity contribution in [2.24, 2.45) is 0 Å². The Morgan fingerprint density at radius 1 is 1.16 bits per heavy atom. The Morgan fingerprint density at radius 2 is 1.87 bits per heavy atom. The molecule has 3 rings (SSSR count). The van der Waals surface area contributed by atoms with Crippen LogP contribution >= 0.6 is 35.0 Å². The monoisotopic (exact) mass is 474 g/mol. The van der Waals surface area contributed by atoms with Crippen molar-refractivity contribution < 1.29 is 4.79 Å². The van der Waals surface area contributed by atoms with Gasteiger partial charge in [0.15, 0.2) is 11.0 Å². The number of nitrogens with zero attached hydrogens (tertiary/aromatic N) is 3. The molecule has 8 heteroatoms. The number of hydrogen-bond acceptors (Lipinski definition) is 4. The number of halogens is 2. The van der Waals surface area contributed by atoms with E-state index in [0.717, 1.165) is 11.4 Å². The van der Waals surface area contributed by atoms with Crippen LogP contribution < -0.4 is 5.32 Å². The number of rotatable bonds is 7. The first-order valence-corrected chi connectivity index (χ1v) is 11.5. The van der Waals surface area contributed by atoms with Crippen molar-refractivity contribution in [2.45, 2.75) is 37.9 Å². The molecule has 3 aromatic rings. The van der Waals surface area contributed by atoms with Gasteiger partial charge in [-0.25, -0.2) is 0 Å². The fourth-order valence-corrected chi connectivity index (χ4v) is 4.03. The molecule has 0 aliphatic heterocycles. The van der Waals surface area contributed by atoms with Gasteiger partial charge in [-0.2, -0.15) is 0 Å². The highest BCUT2D eigenvalue weighted by Crippen LogP contribution is 2.30. The third-order valence-electron chi connectivity index (χ3n) is 4.60. The molecule has 0 aliphatic carbocycles. The maximum Gasteiger partial charge on any atom is 0.234 e. The SMILES string of the molecule is C=CCn1c(SCC(=O)Nc2cccc(Cl)c2Cl)nnc1-c1ccc(C(C)(C)C)cc1. The van der Waals surface area contributed by atoms with Crippen molar-refractivity contribution in [3.8, 4) is 11.4 Å². The highest BCUT2D eigenvalue weighted by Gasteiger charge is 2.17. The van der Waals surface area contributed by atoms with Crippen molar-refractivity contribution in [3.63, 3.8) is 0 Å². The van der Waals surface area contributed by atoms with Crippen molar-refractivity contribution >= 4 is 46.6 Å². The molecule has 0 saturated carbocycles. The Balaban J connectivity index is 1.75. The molecular weight excluding hydrogens is 451 g/mol. The smallest absolute Gasteiger partial charge is 0.234 e. The second-order valence-corrected chi connectivity index (χ2v) is 9.70. The van der Waals surface area contributed by atoms with Crippen LogP contribution in [0.25, 0.3) is 11.4 Å². The molecule has 0 aliphatic rings. The van der Waals surface area contributed by atoms with Crippen LogP contribution in [0.3, 0.4) is 0 Å². The number of benzene rings is 2. The number of carbonyl (C=O) groups is 1. The van der Waals surface area contributed by atoms with Crippen molar-refractivity contribution in [1.29, 1.82) is 0 Å². The normalized spacial score (nSPS) is 11.4. The average Bonchev–Trinajstić information content (AvgIpc) is 3.12. The molecule has 0 bridgehead atoms. The summed E-state index contributed by atoms with van der Waals surface area (Å²) < 4.78 is 1.95. The Morgan fingerprint density at radius 3 is 2.52 bits per heavy atom. The maximum atomic E-state index is 12.4. The summed E-state index contributed by atoms with van der Waals surface area (Å²) in [4.78, 5) is 12.4. The van der Waals surface area contributed by atoms with Gasteiger partial charge in [0.2, 0.25) is 5.91 Å². The van der Waals surface area contributed by atoms with Crippen LogP contribution in [0.2, 0.25) is 10.0 Å². The summed E-state index contributed by atoms with van der Waals surface area (Å²) in [5.74, 6) is 0.681. The molecule has 1 amide bonds. The quantitative estimate of drug-likeness (QED) is 0.315. The second kappa shape index (κ2) is 9.90. The van der Waals surface area contributed by atoms with Gasteiger partial charge in [-0.1, -0.05) is 92.1 Å². The molecule has 0 unspecified atom stereocenters. The third-order valence-corrected chi connectivity index (χ3v) is 6.38. The molecule has 0 atom stereocenters. The zero-order valence-electron chi connectivity index (χ0n) is 17.7. The van der Waals surface area contributed by atoms with Crippen LogP contribution in [0, 0.1) is 0 Å². The van der Waals surface area contributed by atoms with Crippen LogP contribution in [0.4, 0.5) is 5.69 Å². The predicted octanol–water partition coefficient (Wildman–Crippen LogP) is 6.47. The number of nitrogens with one attached hydrogen (secondary N) is 1. The molecule has 5 nitrogen and oxygen atoms in total. The zero-order valence-corrected chi connectivity index (χ0v) is 20.0. The molecule has 0 saturated heterocycles. The van der Waals surface area contributed by atoms with E-state index in [4.69, 9.17) is 23.2 Å². The van der Waals surface area contributed by atoms with Crippen LogP contribution in [-0.4, -0.2) is 26.4 Å². The van der Waals surface area contributed by atoms with Gasteiger partial charge >= 0.3 is 0 Å². The van der Waals surface area contributed by atoms with E-state index >= 15 is 0 Å². The Hall–Kier alpha value is -2.28. The minimum atomic E-state index is -0.210. The molecule has 1 aromatic heterocycles. The summed E-state index contributed by atoms with van der Waals surface area (Å²) in [7, 11) is 0. The van der Waals surface area contributed by atoms with Crippen molar-refractivity contribution in [1.82, 2.24) is 14.8 Å². The minimum Gasteiger partial charge on any atom is -0.324 e. The lowest BCUT2D eigenvalue weighted by atomic mass is 9.87. The summed E-state index contributed by atoms with van der Waals surface area (Å²) in [6.07, 6.45) is 1.78. The average molecular weight is 475 g/mol. The second-order valence-electron chi connectivity index (χ2n) is 7.97. The Labute approximate surface area is 196 Å². The number of hydrogen-bond donors (Lipinski definition) is 1. The Kier molecular flexibility index (Phi) is 7.46. The van der Waals surface area contributed by atoms with Crippen molar-refractivity contribution in [2.75, 3.05) is 11.1 Å². The zero-order chi connectivity index (χ0) is 22.6. The van der Waals surface area contributed by atoms with Gasteiger partial charge in [0.05, 0.1) is 21.5 Å². The van der Waals surface area contributed by atoms with E-state index in [1.807, 2.05) is 16.7 Å². The molecule has 162 valence electrons. The molecule has 0 radical (unpaired) electrons.